The van der Waals surface area contributed by atoms with Crippen LogP contribution in [0.4, 0.5) is 17.1 Å². The third-order valence-electron chi connectivity index (χ3n) is 10.7. The molecule has 0 saturated carbocycles. The number of rotatable bonds is 5. The van der Waals surface area contributed by atoms with Gasteiger partial charge >= 0.3 is 0 Å². The van der Waals surface area contributed by atoms with Crippen LogP contribution in [0.5, 0.6) is 0 Å². The van der Waals surface area contributed by atoms with Gasteiger partial charge in [0, 0.05) is 52.3 Å². The zero-order valence-electron chi connectivity index (χ0n) is 28.2. The van der Waals surface area contributed by atoms with Crippen LogP contribution in [0.2, 0.25) is 0 Å². The Hall–Kier alpha value is -6.00. The van der Waals surface area contributed by atoms with E-state index in [1.165, 1.54) is 102 Å². The van der Waals surface area contributed by atoms with Crippen molar-refractivity contribution in [2.24, 2.45) is 0 Å². The summed E-state index contributed by atoms with van der Waals surface area (Å²) in [5.74, 6) is 0. The van der Waals surface area contributed by atoms with E-state index in [2.05, 4.69) is 181 Å². The van der Waals surface area contributed by atoms with E-state index in [1.807, 2.05) is 22.7 Å². The van der Waals surface area contributed by atoms with Gasteiger partial charge in [0.2, 0.25) is 0 Å². The molecular weight excluding hydrogens is 667 g/mol. The molecule has 52 heavy (non-hydrogen) atoms. The maximum Gasteiger partial charge on any atom is 0.0588 e. The van der Waals surface area contributed by atoms with Crippen molar-refractivity contribution in [2.75, 3.05) is 4.90 Å². The second-order valence-corrected chi connectivity index (χ2v) is 15.7. The molecule has 2 heterocycles. The molecule has 1 aliphatic carbocycles. The van der Waals surface area contributed by atoms with Crippen molar-refractivity contribution >= 4 is 80.1 Å². The number of hydrogen-bond acceptors (Lipinski definition) is 3. The van der Waals surface area contributed by atoms with E-state index < -0.39 is 0 Å². The van der Waals surface area contributed by atoms with E-state index in [-0.39, 0.29) is 0 Å². The van der Waals surface area contributed by atoms with Crippen molar-refractivity contribution in [1.29, 1.82) is 0 Å². The predicted octanol–water partition coefficient (Wildman–Crippen LogP) is 14.8. The number of nitrogens with zero attached hydrogens (tertiary/aromatic N) is 1. The topological polar surface area (TPSA) is 3.24 Å². The van der Waals surface area contributed by atoms with E-state index >= 15 is 0 Å². The predicted molar refractivity (Wildman–Crippen MR) is 226 cm³/mol. The summed E-state index contributed by atoms with van der Waals surface area (Å²) >= 11 is 3.77. The van der Waals surface area contributed by atoms with Gasteiger partial charge in [0.05, 0.1) is 17.1 Å². The van der Waals surface area contributed by atoms with Gasteiger partial charge in [-0.15, -0.1) is 22.7 Å². The lowest BCUT2D eigenvalue weighted by atomic mass is 9.86. The Kier molecular flexibility index (Phi) is 6.73. The third-order valence-corrected chi connectivity index (χ3v) is 13.0. The molecular formula is C49H31NS2. The Morgan fingerprint density at radius 1 is 0.404 bits per heavy atom. The van der Waals surface area contributed by atoms with E-state index in [4.69, 9.17) is 0 Å². The summed E-state index contributed by atoms with van der Waals surface area (Å²) in [6.07, 6.45) is 0.868. The Balaban J connectivity index is 1.37. The van der Waals surface area contributed by atoms with E-state index in [0.29, 0.717) is 0 Å². The van der Waals surface area contributed by atoms with Gasteiger partial charge in [-0.25, -0.2) is 0 Å². The van der Waals surface area contributed by atoms with Crippen LogP contribution in [-0.2, 0) is 6.42 Å². The van der Waals surface area contributed by atoms with Crippen molar-refractivity contribution in [1.82, 2.24) is 0 Å². The summed E-state index contributed by atoms with van der Waals surface area (Å²) in [7, 11) is 0. The van der Waals surface area contributed by atoms with Crippen molar-refractivity contribution in [3.63, 3.8) is 0 Å². The molecule has 3 heteroatoms. The summed E-state index contributed by atoms with van der Waals surface area (Å²) in [5, 5.41) is 5.19. The molecule has 0 bridgehead atoms. The minimum Gasteiger partial charge on any atom is -0.308 e. The zero-order chi connectivity index (χ0) is 34.2. The lowest BCUT2D eigenvalue weighted by molar-refractivity contribution is 1.21. The van der Waals surface area contributed by atoms with Crippen LogP contribution >= 0.6 is 22.7 Å². The SMILES string of the molecule is c1ccc(-c2cc3c(c(N(c4cccc5sc6ccccc6c45)c4cccc5sc6ccccc6c45)c2-c2ccccc2)Cc2ccccc2-3)cc1. The largest absolute Gasteiger partial charge is 0.308 e. The van der Waals surface area contributed by atoms with Gasteiger partial charge in [-0.05, 0) is 81.4 Å². The molecule has 0 amide bonds. The van der Waals surface area contributed by atoms with Crippen LogP contribution in [0, 0.1) is 0 Å². The van der Waals surface area contributed by atoms with Gasteiger partial charge in [-0.1, -0.05) is 133 Å². The first-order valence-electron chi connectivity index (χ1n) is 17.8. The van der Waals surface area contributed by atoms with Crippen molar-refractivity contribution in [3.05, 3.63) is 187 Å². The van der Waals surface area contributed by atoms with E-state index in [1.54, 1.807) is 0 Å². The highest BCUT2D eigenvalue weighted by Crippen LogP contribution is 2.57. The fraction of sp³-hybridized carbons (Fsp3) is 0.0204. The highest BCUT2D eigenvalue weighted by atomic mass is 32.1. The maximum absolute atomic E-state index is 2.66. The summed E-state index contributed by atoms with van der Waals surface area (Å²) in [4.78, 5) is 2.66. The molecule has 8 aromatic carbocycles. The minimum absolute atomic E-state index is 0.868. The molecule has 244 valence electrons. The molecule has 0 aliphatic heterocycles. The third kappa shape index (κ3) is 4.46. The Morgan fingerprint density at radius 3 is 1.56 bits per heavy atom. The first-order chi connectivity index (χ1) is 25.8. The molecule has 2 aromatic heterocycles. The first kappa shape index (κ1) is 29.7. The first-order valence-corrected chi connectivity index (χ1v) is 19.4. The number of thiophene rings is 2. The van der Waals surface area contributed by atoms with Crippen molar-refractivity contribution in [2.45, 2.75) is 6.42 Å². The van der Waals surface area contributed by atoms with Crippen molar-refractivity contribution < 1.29 is 0 Å². The molecule has 0 unspecified atom stereocenters. The molecule has 1 nitrogen and oxygen atoms in total. The Morgan fingerprint density at radius 2 is 0.923 bits per heavy atom. The second kappa shape index (κ2) is 11.8. The molecule has 0 N–H and O–H groups in total. The second-order valence-electron chi connectivity index (χ2n) is 13.6. The fourth-order valence-electron chi connectivity index (χ4n) is 8.50. The van der Waals surface area contributed by atoms with Crippen LogP contribution in [0.3, 0.4) is 0 Å². The van der Waals surface area contributed by atoms with Crippen LogP contribution in [0.1, 0.15) is 11.1 Å². The minimum atomic E-state index is 0.868. The summed E-state index contributed by atoms with van der Waals surface area (Å²) < 4.78 is 5.21. The molecule has 0 atom stereocenters. The van der Waals surface area contributed by atoms with Gasteiger partial charge in [0.1, 0.15) is 0 Å². The number of hydrogen-bond donors (Lipinski definition) is 0. The molecule has 10 aromatic rings. The van der Waals surface area contributed by atoms with E-state index in [0.717, 1.165) is 6.42 Å². The normalized spacial score (nSPS) is 12.2. The van der Waals surface area contributed by atoms with E-state index in [9.17, 15) is 0 Å². The molecule has 0 radical (unpaired) electrons. The molecule has 0 saturated heterocycles. The monoisotopic (exact) mass is 697 g/mol. The smallest absolute Gasteiger partial charge is 0.0588 e. The lowest BCUT2D eigenvalue weighted by Crippen LogP contribution is -2.15. The molecule has 1 aliphatic rings. The molecule has 0 spiro atoms. The number of fused-ring (bicyclic) bond motifs is 9. The van der Waals surface area contributed by atoms with Gasteiger partial charge in [0.25, 0.3) is 0 Å². The average molecular weight is 698 g/mol. The maximum atomic E-state index is 2.66. The van der Waals surface area contributed by atoms with Gasteiger partial charge < -0.3 is 4.90 Å². The van der Waals surface area contributed by atoms with Crippen LogP contribution in [0.25, 0.3) is 73.7 Å². The zero-order valence-corrected chi connectivity index (χ0v) is 29.8. The summed E-state index contributed by atoms with van der Waals surface area (Å²) in [6, 6.07) is 65.2. The highest BCUT2D eigenvalue weighted by molar-refractivity contribution is 7.26. The molecule has 0 fully saturated rings. The number of benzene rings is 8. The number of anilines is 3. The van der Waals surface area contributed by atoms with Crippen LogP contribution < -0.4 is 4.90 Å². The van der Waals surface area contributed by atoms with Crippen molar-refractivity contribution in [3.8, 4) is 33.4 Å². The molecule has 11 rings (SSSR count). The standard InChI is InChI=1S/C49H31NS2/c1-3-15-31(16-4-1)37-30-38-34-20-8-7-19-33(34)29-39(38)49(46(37)32-17-5-2-6-18-32)50(40-23-13-27-44-47(40)35-21-9-11-25-42(35)51-44)41-24-14-28-45-48(41)36-22-10-12-26-43(36)52-45/h1-28,30H,29H2. The van der Waals surface area contributed by atoms with Gasteiger partial charge in [-0.3, -0.25) is 0 Å². The highest BCUT2D eigenvalue weighted by Gasteiger charge is 2.32. The average Bonchev–Trinajstić information content (AvgIpc) is 3.90. The Bertz CT molecular complexity index is 2870. The summed E-state index contributed by atoms with van der Waals surface area (Å²) in [6.45, 7) is 0. The summed E-state index contributed by atoms with van der Waals surface area (Å²) in [5.41, 5.74) is 14.0. The fourth-order valence-corrected chi connectivity index (χ4v) is 10.8. The van der Waals surface area contributed by atoms with Gasteiger partial charge in [0.15, 0.2) is 0 Å². The lowest BCUT2D eigenvalue weighted by Gasteiger charge is -2.33. The Labute approximate surface area is 310 Å². The van der Waals surface area contributed by atoms with Crippen LogP contribution in [0.15, 0.2) is 176 Å². The van der Waals surface area contributed by atoms with Crippen LogP contribution in [-0.4, -0.2) is 0 Å². The quantitative estimate of drug-likeness (QED) is 0.173. The van der Waals surface area contributed by atoms with Gasteiger partial charge in [-0.2, -0.15) is 0 Å².